The quantitative estimate of drug-likeness (QED) is 0.653. The van der Waals surface area contributed by atoms with E-state index in [4.69, 9.17) is 0 Å². The first kappa shape index (κ1) is 17.8. The van der Waals surface area contributed by atoms with Crippen molar-refractivity contribution in [1.29, 1.82) is 0 Å². The van der Waals surface area contributed by atoms with Crippen molar-refractivity contribution in [3.63, 3.8) is 0 Å². The van der Waals surface area contributed by atoms with Crippen LogP contribution in [0, 0.1) is 24.0 Å². The number of carboxylic acid groups (broad SMARTS) is 1. The number of nitro groups is 1. The highest BCUT2D eigenvalue weighted by Crippen LogP contribution is 2.33. The van der Waals surface area contributed by atoms with Crippen LogP contribution in [0.4, 0.5) is 10.5 Å². The Kier molecular flexibility index (Phi) is 5.13. The molecule has 1 N–H and O–H groups in total. The van der Waals surface area contributed by atoms with Crippen LogP contribution in [0.3, 0.4) is 0 Å². The van der Waals surface area contributed by atoms with Gasteiger partial charge in [-0.15, -0.1) is 0 Å². The molecule has 1 aromatic carbocycles. The topological polar surface area (TPSA) is 102 Å². The fourth-order valence-corrected chi connectivity index (χ4v) is 3.17. The molecule has 2 aromatic rings. The summed E-state index contributed by atoms with van der Waals surface area (Å²) >= 11 is 1.40. The summed E-state index contributed by atoms with van der Waals surface area (Å²) in [7, 11) is 0. The van der Waals surface area contributed by atoms with Crippen molar-refractivity contribution in [3.05, 3.63) is 45.8 Å². The van der Waals surface area contributed by atoms with Crippen LogP contribution >= 0.6 is 11.8 Å². The van der Waals surface area contributed by atoms with Crippen molar-refractivity contribution < 1.29 is 14.8 Å². The van der Waals surface area contributed by atoms with E-state index in [1.54, 1.807) is 39.8 Å². The minimum atomic E-state index is -1.08. The zero-order valence-electron chi connectivity index (χ0n) is 13.8. The number of aromatic nitrogens is 2. The van der Waals surface area contributed by atoms with Gasteiger partial charge < -0.3 is 5.11 Å². The highest BCUT2D eigenvalue weighted by molar-refractivity contribution is 7.99. The first-order chi connectivity index (χ1) is 11.2. The van der Waals surface area contributed by atoms with Gasteiger partial charge in [-0.3, -0.25) is 10.1 Å². The number of hydrogen-bond donors (Lipinski definition) is 1. The van der Waals surface area contributed by atoms with Crippen molar-refractivity contribution >= 4 is 23.5 Å². The average molecular weight is 350 g/mol. The van der Waals surface area contributed by atoms with Crippen molar-refractivity contribution in [3.8, 4) is 0 Å². The van der Waals surface area contributed by atoms with E-state index < -0.39 is 11.0 Å². The van der Waals surface area contributed by atoms with Crippen molar-refractivity contribution in [2.24, 2.45) is 0 Å². The summed E-state index contributed by atoms with van der Waals surface area (Å²) < 4.78 is 0. The molecule has 1 aromatic heterocycles. The van der Waals surface area contributed by atoms with Gasteiger partial charge in [0.25, 0.3) is 5.69 Å². The smallest absolute Gasteiger partial charge is 0.428 e. The Morgan fingerprint density at radius 3 is 2.38 bits per heavy atom. The predicted octanol–water partition coefficient (Wildman–Crippen LogP) is 3.58. The van der Waals surface area contributed by atoms with Gasteiger partial charge in [0.1, 0.15) is 0 Å². The van der Waals surface area contributed by atoms with E-state index in [9.17, 15) is 20.0 Å². The van der Waals surface area contributed by atoms with E-state index in [0.717, 1.165) is 14.8 Å². The molecule has 0 bridgehead atoms. The summed E-state index contributed by atoms with van der Waals surface area (Å²) in [5.41, 5.74) is 1.43. The summed E-state index contributed by atoms with van der Waals surface area (Å²) in [5.74, 6) is 0. The molecule has 0 spiro atoms. The van der Waals surface area contributed by atoms with Crippen LogP contribution in [0.25, 0.3) is 0 Å². The Hall–Kier alpha value is -2.55. The molecule has 0 saturated heterocycles. The first-order valence-electron chi connectivity index (χ1n) is 7.23. The van der Waals surface area contributed by atoms with Crippen molar-refractivity contribution in [1.82, 2.24) is 9.89 Å². The molecule has 1 amide bonds. The SMILES string of the molecule is Cc1nn(N(C(=O)O)C(C)C)c(C)c1Sc1ccc([N+](=O)[O-])cc1. The molecule has 8 nitrogen and oxygen atoms in total. The fraction of sp³-hybridized carbons (Fsp3) is 0.333. The molecule has 24 heavy (non-hydrogen) atoms. The van der Waals surface area contributed by atoms with Crippen LogP contribution < -0.4 is 5.01 Å². The van der Waals surface area contributed by atoms with Gasteiger partial charge in [-0.1, -0.05) is 11.8 Å². The molecule has 1 heterocycles. The minimum absolute atomic E-state index is 0.0281. The molecular weight excluding hydrogens is 332 g/mol. The molecule has 0 aliphatic carbocycles. The molecule has 128 valence electrons. The largest absolute Gasteiger partial charge is 0.464 e. The van der Waals surface area contributed by atoms with Crippen molar-refractivity contribution in [2.75, 3.05) is 5.01 Å². The third kappa shape index (κ3) is 3.51. The van der Waals surface area contributed by atoms with Crippen LogP contribution in [0.2, 0.25) is 0 Å². The lowest BCUT2D eigenvalue weighted by atomic mass is 10.3. The van der Waals surface area contributed by atoms with E-state index in [1.807, 2.05) is 0 Å². The number of benzene rings is 1. The Morgan fingerprint density at radius 2 is 1.92 bits per heavy atom. The van der Waals surface area contributed by atoms with Gasteiger partial charge in [-0.25, -0.2) is 4.79 Å². The highest BCUT2D eigenvalue weighted by atomic mass is 32.2. The van der Waals surface area contributed by atoms with Gasteiger partial charge in [0.05, 0.1) is 27.2 Å². The summed E-state index contributed by atoms with van der Waals surface area (Å²) in [6.07, 6.45) is -1.08. The van der Waals surface area contributed by atoms with Crippen LogP contribution in [0.5, 0.6) is 0 Å². The van der Waals surface area contributed by atoms with Gasteiger partial charge >= 0.3 is 6.09 Å². The lowest BCUT2D eigenvalue weighted by molar-refractivity contribution is -0.384. The maximum absolute atomic E-state index is 11.5. The first-order valence-corrected chi connectivity index (χ1v) is 8.05. The molecule has 0 radical (unpaired) electrons. The molecular formula is C15H18N4O4S. The molecule has 2 rings (SSSR count). The second-order valence-electron chi connectivity index (χ2n) is 5.46. The lowest BCUT2D eigenvalue weighted by Crippen LogP contribution is -2.46. The second kappa shape index (κ2) is 6.91. The average Bonchev–Trinajstić information content (AvgIpc) is 2.75. The summed E-state index contributed by atoms with van der Waals surface area (Å²) in [6, 6.07) is 5.94. The maximum atomic E-state index is 11.5. The van der Waals surface area contributed by atoms with Crippen LogP contribution in [-0.4, -0.2) is 32.1 Å². The van der Waals surface area contributed by atoms with Gasteiger partial charge in [-0.05, 0) is 39.8 Å². The normalized spacial score (nSPS) is 10.9. The third-order valence-corrected chi connectivity index (χ3v) is 4.66. The zero-order chi connectivity index (χ0) is 18.0. The zero-order valence-corrected chi connectivity index (χ0v) is 14.6. The molecule has 0 saturated carbocycles. The fourth-order valence-electron chi connectivity index (χ4n) is 2.25. The van der Waals surface area contributed by atoms with Crippen molar-refractivity contribution in [2.45, 2.75) is 43.5 Å². The summed E-state index contributed by atoms with van der Waals surface area (Å²) in [5, 5.41) is 25.6. The molecule has 0 fully saturated rings. The predicted molar refractivity (Wildman–Crippen MR) is 90.3 cm³/mol. The molecule has 0 unspecified atom stereocenters. The standard InChI is InChI=1S/C15H18N4O4S/c1-9(2)17(15(20)21)18-11(4)14(10(3)16-18)24-13-7-5-12(6-8-13)19(22)23/h5-9H,1-4H3,(H,20,21). The van der Waals surface area contributed by atoms with E-state index in [2.05, 4.69) is 5.10 Å². The van der Waals surface area contributed by atoms with E-state index in [-0.39, 0.29) is 11.7 Å². The maximum Gasteiger partial charge on any atom is 0.428 e. The highest BCUT2D eigenvalue weighted by Gasteiger charge is 2.24. The van der Waals surface area contributed by atoms with E-state index >= 15 is 0 Å². The number of rotatable bonds is 5. The number of hydrogen-bond acceptors (Lipinski definition) is 5. The Morgan fingerprint density at radius 1 is 1.33 bits per heavy atom. The second-order valence-corrected chi connectivity index (χ2v) is 6.55. The summed E-state index contributed by atoms with van der Waals surface area (Å²) in [6.45, 7) is 7.14. The molecule has 0 aliphatic rings. The number of nitro benzene ring substituents is 1. The van der Waals surface area contributed by atoms with E-state index in [1.165, 1.54) is 28.7 Å². The van der Waals surface area contributed by atoms with Gasteiger partial charge in [0, 0.05) is 17.0 Å². The van der Waals surface area contributed by atoms with E-state index in [0.29, 0.717) is 11.4 Å². The molecule has 0 atom stereocenters. The van der Waals surface area contributed by atoms with Gasteiger partial charge in [0.15, 0.2) is 0 Å². The Labute approximate surface area is 143 Å². The lowest BCUT2D eigenvalue weighted by Gasteiger charge is -2.24. The number of aryl methyl sites for hydroxylation is 1. The monoisotopic (exact) mass is 350 g/mol. The number of nitrogens with zero attached hydrogens (tertiary/aromatic N) is 4. The molecule has 0 aliphatic heterocycles. The van der Waals surface area contributed by atoms with Gasteiger partial charge in [-0.2, -0.15) is 14.9 Å². The van der Waals surface area contributed by atoms with Crippen LogP contribution in [-0.2, 0) is 0 Å². The van der Waals surface area contributed by atoms with Crippen LogP contribution in [0.1, 0.15) is 25.2 Å². The third-order valence-electron chi connectivity index (χ3n) is 3.36. The number of non-ortho nitro benzene ring substituents is 1. The minimum Gasteiger partial charge on any atom is -0.464 e. The van der Waals surface area contributed by atoms with Crippen LogP contribution in [0.15, 0.2) is 34.1 Å². The number of amides is 1. The Balaban J connectivity index is 2.35. The molecule has 9 heteroatoms. The Bertz CT molecular complexity index is 771. The number of carbonyl (C=O) groups is 1. The van der Waals surface area contributed by atoms with Gasteiger partial charge in [0.2, 0.25) is 0 Å². The summed E-state index contributed by atoms with van der Waals surface area (Å²) in [4.78, 5) is 24.8.